The average molecular weight is 545 g/mol. The lowest BCUT2D eigenvalue weighted by atomic mass is 9.87. The summed E-state index contributed by atoms with van der Waals surface area (Å²) in [7, 11) is 0. The maximum absolute atomic E-state index is 13.4. The van der Waals surface area contributed by atoms with Gasteiger partial charge in [-0.3, -0.25) is 14.8 Å². The van der Waals surface area contributed by atoms with Crippen molar-refractivity contribution in [1.82, 2.24) is 0 Å². The van der Waals surface area contributed by atoms with Crippen LogP contribution >= 0.6 is 0 Å². The first-order chi connectivity index (χ1) is 19.9. The van der Waals surface area contributed by atoms with E-state index in [1.807, 2.05) is 60.7 Å². The normalized spacial score (nSPS) is 15.9. The van der Waals surface area contributed by atoms with Crippen molar-refractivity contribution >= 4 is 41.7 Å². The van der Waals surface area contributed by atoms with E-state index in [1.165, 1.54) is 24.6 Å². The highest BCUT2D eigenvalue weighted by Gasteiger charge is 2.20. The Morgan fingerprint density at radius 1 is 0.585 bits per heavy atom. The molecule has 4 aromatic rings. The zero-order valence-corrected chi connectivity index (χ0v) is 22.1. The molecule has 0 saturated heterocycles. The molecule has 1 fully saturated rings. The summed E-state index contributed by atoms with van der Waals surface area (Å²) < 4.78 is 0. The Morgan fingerprint density at radius 2 is 1.02 bits per heavy atom. The van der Waals surface area contributed by atoms with Crippen LogP contribution in [0.15, 0.2) is 106 Å². The molecule has 0 aromatic heterocycles. The molecular weight excluding hydrogens is 516 g/mol. The fourth-order valence-corrected chi connectivity index (χ4v) is 4.56. The number of aromatic hydroxyl groups is 4. The monoisotopic (exact) mass is 544 g/mol. The molecule has 5 rings (SSSR count). The molecule has 1 saturated carbocycles. The number of nitrogens with zero attached hydrogens (tertiary/aromatic N) is 2. The minimum Gasteiger partial charge on any atom is -0.504 e. The Balaban J connectivity index is 1.33. The second-order valence-electron chi connectivity index (χ2n) is 9.66. The van der Waals surface area contributed by atoms with E-state index in [1.54, 1.807) is 24.3 Å². The van der Waals surface area contributed by atoms with E-state index in [2.05, 4.69) is 9.98 Å². The number of hydrogen-bond donors (Lipinski definition) is 4. The molecule has 4 aromatic carbocycles. The fourth-order valence-electron chi connectivity index (χ4n) is 4.56. The maximum atomic E-state index is 13.4. The number of carbonyl (C=O) groups is 1. The Hall–Kier alpha value is -5.43. The SMILES string of the molecule is O=C1/C(=C/c2cccc(N=Cc3cccc(O)c3O)c2)CCC/C1=C\c1cccc(N=Cc2cccc(O)c2O)c1. The van der Waals surface area contributed by atoms with Crippen LogP contribution in [0.3, 0.4) is 0 Å². The highest BCUT2D eigenvalue weighted by Crippen LogP contribution is 2.31. The number of hydrogen-bond acceptors (Lipinski definition) is 7. The van der Waals surface area contributed by atoms with E-state index >= 15 is 0 Å². The van der Waals surface area contributed by atoms with Gasteiger partial charge in [-0.1, -0.05) is 36.4 Å². The molecule has 1 aliphatic carbocycles. The first kappa shape index (κ1) is 27.1. The number of aliphatic imine (C=N–C) groups is 2. The van der Waals surface area contributed by atoms with Gasteiger partial charge in [-0.05, 0) is 91.1 Å². The molecule has 0 bridgehead atoms. The topological polar surface area (TPSA) is 123 Å². The smallest absolute Gasteiger partial charge is 0.185 e. The Kier molecular flexibility index (Phi) is 8.06. The minimum atomic E-state index is -0.227. The van der Waals surface area contributed by atoms with E-state index in [-0.39, 0.29) is 28.8 Å². The van der Waals surface area contributed by atoms with Crippen LogP contribution in [-0.2, 0) is 4.79 Å². The highest BCUT2D eigenvalue weighted by molar-refractivity contribution is 6.14. The van der Waals surface area contributed by atoms with E-state index in [0.717, 1.165) is 28.7 Å². The Bertz CT molecular complexity index is 1610. The number of phenolic OH excluding ortho intramolecular Hbond substituents is 4. The number of rotatable bonds is 6. The minimum absolute atomic E-state index is 0.00780. The van der Waals surface area contributed by atoms with Gasteiger partial charge in [-0.25, -0.2) is 0 Å². The Labute approximate surface area is 237 Å². The largest absolute Gasteiger partial charge is 0.504 e. The molecule has 0 unspecified atom stereocenters. The third-order valence-corrected chi connectivity index (χ3v) is 6.70. The summed E-state index contributed by atoms with van der Waals surface area (Å²) in [6, 6.07) is 24.3. The van der Waals surface area contributed by atoms with Gasteiger partial charge in [0.25, 0.3) is 0 Å². The summed E-state index contributed by atoms with van der Waals surface area (Å²) in [5.74, 6) is -0.863. The fraction of sp³-hybridized carbons (Fsp3) is 0.0882. The number of benzene rings is 4. The molecule has 4 N–H and O–H groups in total. The molecule has 204 valence electrons. The zero-order chi connectivity index (χ0) is 28.8. The molecule has 0 spiro atoms. The summed E-state index contributed by atoms with van der Waals surface area (Å²) >= 11 is 0. The van der Waals surface area contributed by atoms with Crippen LogP contribution in [0.25, 0.3) is 12.2 Å². The second kappa shape index (κ2) is 12.2. The van der Waals surface area contributed by atoms with E-state index < -0.39 is 0 Å². The van der Waals surface area contributed by atoms with Gasteiger partial charge in [-0.15, -0.1) is 0 Å². The summed E-state index contributed by atoms with van der Waals surface area (Å²) in [5.41, 5.74) is 5.24. The summed E-state index contributed by atoms with van der Waals surface area (Å²) in [6.07, 6.45) is 8.96. The van der Waals surface area contributed by atoms with Gasteiger partial charge in [0.1, 0.15) is 0 Å². The van der Waals surface area contributed by atoms with Gasteiger partial charge in [-0.2, -0.15) is 0 Å². The van der Waals surface area contributed by atoms with Crippen molar-refractivity contribution in [2.24, 2.45) is 9.98 Å². The van der Waals surface area contributed by atoms with Crippen molar-refractivity contribution in [3.05, 3.63) is 118 Å². The van der Waals surface area contributed by atoms with Crippen molar-refractivity contribution in [3.8, 4) is 23.0 Å². The van der Waals surface area contributed by atoms with Gasteiger partial charge in [0.15, 0.2) is 28.8 Å². The van der Waals surface area contributed by atoms with E-state index in [4.69, 9.17) is 0 Å². The summed E-state index contributed by atoms with van der Waals surface area (Å²) in [5, 5.41) is 39.4. The van der Waals surface area contributed by atoms with Gasteiger partial charge in [0.05, 0.1) is 11.4 Å². The molecule has 1 aliphatic rings. The Morgan fingerprint density at radius 3 is 1.49 bits per heavy atom. The van der Waals surface area contributed by atoms with Crippen molar-refractivity contribution in [1.29, 1.82) is 0 Å². The summed E-state index contributed by atoms with van der Waals surface area (Å²) in [6.45, 7) is 0. The number of carbonyl (C=O) groups excluding carboxylic acids is 1. The van der Waals surface area contributed by atoms with Gasteiger partial charge >= 0.3 is 0 Å². The molecule has 0 radical (unpaired) electrons. The third kappa shape index (κ3) is 6.59. The zero-order valence-electron chi connectivity index (χ0n) is 22.1. The maximum Gasteiger partial charge on any atom is 0.185 e. The second-order valence-corrected chi connectivity index (χ2v) is 9.66. The number of allylic oxidation sites excluding steroid dienone is 2. The number of phenols is 4. The van der Waals surface area contributed by atoms with E-state index in [9.17, 15) is 25.2 Å². The summed E-state index contributed by atoms with van der Waals surface area (Å²) in [4.78, 5) is 22.2. The van der Waals surface area contributed by atoms with Crippen molar-refractivity contribution < 1.29 is 25.2 Å². The average Bonchev–Trinajstić information content (AvgIpc) is 2.97. The van der Waals surface area contributed by atoms with Crippen LogP contribution < -0.4 is 0 Å². The van der Waals surface area contributed by atoms with Crippen molar-refractivity contribution in [3.63, 3.8) is 0 Å². The predicted molar refractivity (Wildman–Crippen MR) is 162 cm³/mol. The lowest BCUT2D eigenvalue weighted by molar-refractivity contribution is -0.112. The predicted octanol–water partition coefficient (Wildman–Crippen LogP) is 7.23. The van der Waals surface area contributed by atoms with Gasteiger partial charge in [0.2, 0.25) is 0 Å². The van der Waals surface area contributed by atoms with E-state index in [0.29, 0.717) is 35.3 Å². The molecule has 0 heterocycles. The number of ketones is 1. The van der Waals surface area contributed by atoms with Crippen molar-refractivity contribution in [2.75, 3.05) is 0 Å². The molecular formula is C34H28N2O5. The van der Waals surface area contributed by atoms with Crippen LogP contribution in [0.2, 0.25) is 0 Å². The lowest BCUT2D eigenvalue weighted by Gasteiger charge is -2.16. The van der Waals surface area contributed by atoms with Gasteiger partial charge < -0.3 is 20.4 Å². The third-order valence-electron chi connectivity index (χ3n) is 6.70. The highest BCUT2D eigenvalue weighted by atomic mass is 16.3. The van der Waals surface area contributed by atoms with Gasteiger partial charge in [0, 0.05) is 34.7 Å². The van der Waals surface area contributed by atoms with Crippen molar-refractivity contribution in [2.45, 2.75) is 19.3 Å². The van der Waals surface area contributed by atoms with Crippen LogP contribution in [0, 0.1) is 0 Å². The van der Waals surface area contributed by atoms with Crippen LogP contribution in [-0.4, -0.2) is 38.6 Å². The van der Waals surface area contributed by atoms with Crippen LogP contribution in [0.5, 0.6) is 23.0 Å². The number of para-hydroxylation sites is 2. The number of Topliss-reactive ketones (excluding diaryl/α,β-unsaturated/α-hetero) is 1. The lowest BCUT2D eigenvalue weighted by Crippen LogP contribution is -2.12. The first-order valence-electron chi connectivity index (χ1n) is 13.1. The quantitative estimate of drug-likeness (QED) is 0.116. The molecule has 41 heavy (non-hydrogen) atoms. The molecule has 0 aliphatic heterocycles. The molecule has 7 heteroatoms. The van der Waals surface area contributed by atoms with Crippen LogP contribution in [0.4, 0.5) is 11.4 Å². The molecule has 0 amide bonds. The first-order valence-corrected chi connectivity index (χ1v) is 13.1. The molecule has 7 nitrogen and oxygen atoms in total. The standard InChI is InChI=1S/C34H28N2O5/c37-30-14-4-10-26(33(30)40)20-35-28-12-1-6-22(18-28)16-24-8-3-9-25(32(24)39)17-23-7-2-13-29(19-23)36-21-27-11-5-15-31(38)34(27)41/h1-2,4-7,10-21,37-38,40-41H,3,8-9H2/b24-16+,25-17+,35-20?,36-21?. The van der Waals surface area contributed by atoms with Crippen LogP contribution in [0.1, 0.15) is 41.5 Å². The molecule has 0 atom stereocenters.